The molecule has 0 bridgehead atoms. The fraction of sp³-hybridized carbons (Fsp3) is 0.268. The average Bonchev–Trinajstić information content (AvgIpc) is 3.54. The number of benzene rings is 4. The van der Waals surface area contributed by atoms with Gasteiger partial charge in [0.15, 0.2) is 0 Å². The normalized spacial score (nSPS) is 13.6. The quantitative estimate of drug-likeness (QED) is 0.295. The molecule has 0 aliphatic heterocycles. The fourth-order valence-corrected chi connectivity index (χ4v) is 8.93. The van der Waals surface area contributed by atoms with Crippen LogP contribution >= 0.6 is 23.2 Å². The third-order valence-corrected chi connectivity index (χ3v) is 10.8. The Bertz CT molecular complexity index is 2110. The van der Waals surface area contributed by atoms with Gasteiger partial charge in [-0.25, -0.2) is 0 Å². The number of hydrogen-bond acceptors (Lipinski definition) is 0. The van der Waals surface area contributed by atoms with Crippen molar-refractivity contribution in [2.45, 2.75) is 72.6 Å². The van der Waals surface area contributed by atoms with E-state index in [1.165, 1.54) is 93.4 Å². The third kappa shape index (κ3) is 6.45. The molecule has 4 aromatic rings. The van der Waals surface area contributed by atoms with Gasteiger partial charge in [0, 0.05) is 0 Å². The Morgan fingerprint density at radius 2 is 1.33 bits per heavy atom. The van der Waals surface area contributed by atoms with Crippen molar-refractivity contribution in [1.29, 1.82) is 0 Å². The predicted octanol–water partition coefficient (Wildman–Crippen LogP) is 4.11. The Hall–Kier alpha value is -1.86. The number of hydrogen-bond donors (Lipinski definition) is 0. The maximum Gasteiger partial charge on any atom is -1.00 e. The van der Waals surface area contributed by atoms with E-state index in [0.717, 1.165) is 27.6 Å². The molecule has 0 saturated carbocycles. The molecule has 2 aliphatic carbocycles. The second-order valence-electron chi connectivity index (χ2n) is 14.3. The van der Waals surface area contributed by atoms with Gasteiger partial charge in [0.1, 0.15) is 0 Å². The Morgan fingerprint density at radius 3 is 1.80 bits per heavy atom. The van der Waals surface area contributed by atoms with Gasteiger partial charge in [-0.05, 0) is 0 Å². The third-order valence-electron chi connectivity index (χ3n) is 9.03. The molecule has 0 N–H and O–H groups in total. The number of fused-ring (bicyclic) bond motifs is 2. The molecule has 0 unspecified atom stereocenters. The molecule has 0 heterocycles. The Kier molecular flexibility index (Phi) is 10.9. The van der Waals surface area contributed by atoms with Crippen molar-refractivity contribution in [3.63, 3.8) is 0 Å². The summed E-state index contributed by atoms with van der Waals surface area (Å²) in [6, 6.07) is 21.6. The van der Waals surface area contributed by atoms with Crippen molar-refractivity contribution in [1.82, 2.24) is 0 Å². The summed E-state index contributed by atoms with van der Waals surface area (Å²) >= 11 is 14.9. The van der Waals surface area contributed by atoms with Gasteiger partial charge >= 0.3 is 289 Å². The molecular formula is C41H39Cl4Zr. The van der Waals surface area contributed by atoms with Gasteiger partial charge in [0.25, 0.3) is 0 Å². The summed E-state index contributed by atoms with van der Waals surface area (Å²) in [5.74, 6) is 0. The molecule has 0 fully saturated rings. The summed E-state index contributed by atoms with van der Waals surface area (Å²) in [5, 5.41) is 6.82. The van der Waals surface area contributed by atoms with Gasteiger partial charge in [0.05, 0.1) is 0 Å². The molecule has 0 radical (unpaired) electrons. The molecule has 0 saturated heterocycles. The predicted molar refractivity (Wildman–Crippen MR) is 185 cm³/mol. The van der Waals surface area contributed by atoms with E-state index in [4.69, 9.17) is 23.2 Å². The molecule has 5 heteroatoms. The van der Waals surface area contributed by atoms with Gasteiger partial charge in [-0.2, -0.15) is 0 Å². The zero-order valence-corrected chi connectivity index (χ0v) is 33.2. The molecule has 0 spiro atoms. The van der Waals surface area contributed by atoms with Gasteiger partial charge in [-0.15, -0.1) is 0 Å². The molecule has 0 nitrogen and oxygen atoms in total. The first-order valence-corrected chi connectivity index (χ1v) is 17.4. The van der Waals surface area contributed by atoms with Crippen LogP contribution in [0.2, 0.25) is 10.0 Å². The van der Waals surface area contributed by atoms with Crippen molar-refractivity contribution in [3.05, 3.63) is 154 Å². The van der Waals surface area contributed by atoms with E-state index in [1.807, 2.05) is 12.1 Å². The standard InChI is InChI=1S/C41H39Cl2.2ClH.Zr/c1-24-19-29-22-33-35(26-13-9-10-14-26)25(2)39(41(6,7)8)38(37(33)32(29)23-34(24)40(3,4)5)36(27-15-11-17-30(42)20-27)28-16-12-18-31(43)21-28;;;/h9-13,15-21,23H,14H2,1-8H3;2*1H;/q;;;+2/p-2. The van der Waals surface area contributed by atoms with Crippen LogP contribution in [0.15, 0.2) is 78.9 Å². The number of rotatable bonds is 3. The van der Waals surface area contributed by atoms with E-state index in [0.29, 0.717) is 0 Å². The maximum absolute atomic E-state index is 6.72. The second-order valence-corrected chi connectivity index (χ2v) is 16.4. The van der Waals surface area contributed by atoms with Crippen LogP contribution in [-0.4, -0.2) is 0 Å². The van der Waals surface area contributed by atoms with Crippen LogP contribution in [0, 0.1) is 24.3 Å². The van der Waals surface area contributed by atoms with Crippen LogP contribution < -0.4 is 35.3 Å². The van der Waals surface area contributed by atoms with Crippen LogP contribution in [0.1, 0.15) is 92.5 Å². The van der Waals surface area contributed by atoms with Crippen molar-refractivity contribution in [3.8, 4) is 0 Å². The summed E-state index contributed by atoms with van der Waals surface area (Å²) in [4.78, 5) is 0. The van der Waals surface area contributed by atoms with Crippen molar-refractivity contribution >= 4 is 37.6 Å². The molecule has 6 rings (SSSR count). The van der Waals surface area contributed by atoms with E-state index < -0.39 is 0 Å². The Labute approximate surface area is 311 Å². The van der Waals surface area contributed by atoms with Crippen LogP contribution in [0.4, 0.5) is 0 Å². The number of aryl methyl sites for hydroxylation is 1. The largest absolute Gasteiger partial charge is 1.00 e. The van der Waals surface area contributed by atoms with Gasteiger partial charge < -0.3 is 24.8 Å². The van der Waals surface area contributed by atoms with Crippen LogP contribution in [-0.2, 0) is 35.5 Å². The summed E-state index contributed by atoms with van der Waals surface area (Å²) in [7, 11) is 0. The van der Waals surface area contributed by atoms with Gasteiger partial charge in [-0.1, -0.05) is 0 Å². The van der Waals surface area contributed by atoms with Crippen LogP contribution in [0.3, 0.4) is 0 Å². The molecule has 0 amide bonds. The Morgan fingerprint density at radius 1 is 0.739 bits per heavy atom. The van der Waals surface area contributed by atoms with Crippen molar-refractivity contribution in [2.24, 2.45) is 0 Å². The van der Waals surface area contributed by atoms with Crippen molar-refractivity contribution < 1.29 is 49.5 Å². The smallest absolute Gasteiger partial charge is 1.00 e. The zero-order chi connectivity index (χ0) is 31.7. The number of halogens is 4. The first-order valence-electron chi connectivity index (χ1n) is 15.4. The van der Waals surface area contributed by atoms with Gasteiger partial charge in [-0.3, -0.25) is 0 Å². The minimum atomic E-state index is -0.139. The number of allylic oxidation sites excluding steroid dienone is 4. The van der Waals surface area contributed by atoms with Gasteiger partial charge in [0.2, 0.25) is 0 Å². The molecule has 0 atom stereocenters. The van der Waals surface area contributed by atoms with E-state index in [-0.39, 0.29) is 35.6 Å². The van der Waals surface area contributed by atoms with E-state index in [9.17, 15) is 0 Å². The molecule has 2 aliphatic rings. The monoisotopic (exact) mass is 761 g/mol. The minimum Gasteiger partial charge on any atom is -1.00 e. The van der Waals surface area contributed by atoms with Crippen LogP contribution in [0.25, 0.3) is 14.4 Å². The zero-order valence-electron chi connectivity index (χ0n) is 27.7. The topological polar surface area (TPSA) is 0 Å². The van der Waals surface area contributed by atoms with Crippen LogP contribution in [0.5, 0.6) is 0 Å². The SMILES string of the molecule is Cc1cc2c(cc1C(C)(C)C)=c1c(c(C3=CC=CC3)c(C)c(C(C)(C)C)c1=C(c1cccc(Cl)c1)c1cccc(Cl)c1)[C]=2[Zr+2].[Cl-].[Cl-]. The minimum absolute atomic E-state index is 0. The molecule has 235 valence electrons. The van der Waals surface area contributed by atoms with Crippen molar-refractivity contribution in [2.75, 3.05) is 0 Å². The summed E-state index contributed by atoms with van der Waals surface area (Å²) in [6.07, 6.45) is 7.79. The summed E-state index contributed by atoms with van der Waals surface area (Å²) < 4.78 is 1.44. The molecule has 46 heavy (non-hydrogen) atoms. The maximum atomic E-state index is 6.72. The molecule has 0 aromatic heterocycles. The average molecular weight is 765 g/mol. The summed E-state index contributed by atoms with van der Waals surface area (Å²) in [5.41, 5.74) is 13.0. The molecular weight excluding hydrogens is 725 g/mol. The second kappa shape index (κ2) is 13.6. The van der Waals surface area contributed by atoms with E-state index in [1.54, 1.807) is 0 Å². The fourth-order valence-electron chi connectivity index (χ4n) is 7.42. The van der Waals surface area contributed by atoms with E-state index >= 15 is 0 Å². The summed E-state index contributed by atoms with van der Waals surface area (Å²) in [6.45, 7) is 18.7. The van der Waals surface area contributed by atoms with E-state index in [2.05, 4.69) is 122 Å². The molecule has 4 aromatic carbocycles. The first-order chi connectivity index (χ1) is 20.7. The first kappa shape index (κ1) is 37.0. The Balaban J connectivity index is 0.00000240.